The van der Waals surface area contributed by atoms with Crippen molar-refractivity contribution in [2.75, 3.05) is 6.61 Å². The fourth-order valence-electron chi connectivity index (χ4n) is 0.321. The van der Waals surface area contributed by atoms with E-state index in [0.717, 1.165) is 0 Å². The highest BCUT2D eigenvalue weighted by atomic mass is 16.5. The van der Waals surface area contributed by atoms with Gasteiger partial charge in [-0.25, -0.2) is 0 Å². The summed E-state index contributed by atoms with van der Waals surface area (Å²) < 4.78 is 4.15. The molecule has 1 heterocycles. The molecule has 0 bridgehead atoms. The minimum Gasteiger partial charge on any atom is -0.468 e. The molecule has 0 saturated heterocycles. The first kappa shape index (κ1) is 9.55. The first-order valence-corrected chi connectivity index (χ1v) is 3.17. The molecule has 4 nitrogen and oxygen atoms in total. The summed E-state index contributed by atoms with van der Waals surface area (Å²) in [4.78, 5) is 16.6. The van der Waals surface area contributed by atoms with Gasteiger partial charge in [0.25, 0.3) is 6.47 Å². The molecular formula is C7H10N2O2. The maximum absolute atomic E-state index is 9.18. The van der Waals surface area contributed by atoms with Crippen molar-refractivity contribution in [3.8, 4) is 0 Å². The van der Waals surface area contributed by atoms with E-state index in [0.29, 0.717) is 13.1 Å². The molecule has 0 atom stereocenters. The van der Waals surface area contributed by atoms with Gasteiger partial charge in [0.15, 0.2) is 0 Å². The number of aromatic nitrogens is 2. The third-order valence-electron chi connectivity index (χ3n) is 0.712. The molecule has 0 aromatic carbocycles. The number of hydrogen-bond donors (Lipinski definition) is 0. The van der Waals surface area contributed by atoms with Crippen LogP contribution in [0.3, 0.4) is 0 Å². The van der Waals surface area contributed by atoms with Crippen LogP contribution in [0.5, 0.6) is 0 Å². The van der Waals surface area contributed by atoms with Gasteiger partial charge in [-0.15, -0.1) is 0 Å². The predicted molar refractivity (Wildman–Crippen MR) is 39.7 cm³/mol. The number of carbonyl (C=O) groups excluding carboxylic acids is 1. The van der Waals surface area contributed by atoms with Gasteiger partial charge in [-0.05, 0) is 6.92 Å². The van der Waals surface area contributed by atoms with Gasteiger partial charge in [-0.3, -0.25) is 14.8 Å². The van der Waals surface area contributed by atoms with Gasteiger partial charge in [-0.1, -0.05) is 0 Å². The van der Waals surface area contributed by atoms with Crippen molar-refractivity contribution in [2.24, 2.45) is 0 Å². The molecule has 0 fully saturated rings. The van der Waals surface area contributed by atoms with Crippen molar-refractivity contribution in [3.63, 3.8) is 0 Å². The van der Waals surface area contributed by atoms with E-state index in [-0.39, 0.29) is 0 Å². The quantitative estimate of drug-likeness (QED) is 0.587. The Kier molecular flexibility index (Phi) is 7.42. The molecular weight excluding hydrogens is 144 g/mol. The maximum atomic E-state index is 9.18. The molecule has 1 aromatic heterocycles. The van der Waals surface area contributed by atoms with Gasteiger partial charge >= 0.3 is 0 Å². The molecule has 0 aliphatic heterocycles. The van der Waals surface area contributed by atoms with Gasteiger partial charge in [0.1, 0.15) is 0 Å². The Bertz CT molecular complexity index is 141. The zero-order valence-corrected chi connectivity index (χ0v) is 6.30. The predicted octanol–water partition coefficient (Wildman–Crippen LogP) is 0.656. The van der Waals surface area contributed by atoms with Crippen molar-refractivity contribution >= 4 is 6.47 Å². The molecule has 1 aromatic rings. The number of hydrogen-bond acceptors (Lipinski definition) is 4. The van der Waals surface area contributed by atoms with Crippen LogP contribution < -0.4 is 0 Å². The van der Waals surface area contributed by atoms with Crippen LogP contribution in [0.25, 0.3) is 0 Å². The third kappa shape index (κ3) is 8.55. The molecule has 60 valence electrons. The van der Waals surface area contributed by atoms with Crippen LogP contribution in [0.15, 0.2) is 24.8 Å². The molecule has 0 unspecified atom stereocenters. The number of rotatable bonds is 2. The average molecular weight is 154 g/mol. The lowest BCUT2D eigenvalue weighted by atomic mass is 10.8. The van der Waals surface area contributed by atoms with Gasteiger partial charge in [0, 0.05) is 24.8 Å². The van der Waals surface area contributed by atoms with Crippen molar-refractivity contribution < 1.29 is 9.53 Å². The largest absolute Gasteiger partial charge is 0.468 e. The normalized spacial score (nSPS) is 7.36. The lowest BCUT2D eigenvalue weighted by molar-refractivity contribution is -0.128. The molecule has 0 N–H and O–H groups in total. The van der Waals surface area contributed by atoms with E-state index in [1.807, 2.05) is 0 Å². The maximum Gasteiger partial charge on any atom is 0.293 e. The van der Waals surface area contributed by atoms with Gasteiger partial charge in [0.05, 0.1) is 6.61 Å². The fraction of sp³-hybridized carbons (Fsp3) is 0.286. The van der Waals surface area contributed by atoms with Gasteiger partial charge in [0.2, 0.25) is 0 Å². The molecule has 0 aliphatic carbocycles. The number of ether oxygens (including phenoxy) is 1. The van der Waals surface area contributed by atoms with Crippen LogP contribution in [-0.2, 0) is 9.53 Å². The zero-order chi connectivity index (χ0) is 8.36. The number of nitrogens with zero attached hydrogens (tertiary/aromatic N) is 2. The van der Waals surface area contributed by atoms with E-state index >= 15 is 0 Å². The Balaban J connectivity index is 0.000000187. The second-order valence-corrected chi connectivity index (χ2v) is 1.45. The van der Waals surface area contributed by atoms with Crippen molar-refractivity contribution in [3.05, 3.63) is 24.8 Å². The van der Waals surface area contributed by atoms with Crippen LogP contribution in [-0.4, -0.2) is 23.0 Å². The molecule has 1 rings (SSSR count). The van der Waals surface area contributed by atoms with Crippen molar-refractivity contribution in [1.82, 2.24) is 9.97 Å². The fourth-order valence-corrected chi connectivity index (χ4v) is 0.321. The second-order valence-electron chi connectivity index (χ2n) is 1.45. The van der Waals surface area contributed by atoms with E-state index in [9.17, 15) is 4.79 Å². The molecule has 0 radical (unpaired) electrons. The van der Waals surface area contributed by atoms with E-state index in [1.165, 1.54) is 0 Å². The average Bonchev–Trinajstić information content (AvgIpc) is 2.10. The van der Waals surface area contributed by atoms with Crippen LogP contribution in [0.1, 0.15) is 6.92 Å². The highest BCUT2D eigenvalue weighted by molar-refractivity contribution is 5.36. The summed E-state index contributed by atoms with van der Waals surface area (Å²) in [7, 11) is 0. The molecule has 0 amide bonds. The lowest BCUT2D eigenvalue weighted by Gasteiger charge is -1.79. The third-order valence-corrected chi connectivity index (χ3v) is 0.712. The van der Waals surface area contributed by atoms with Crippen LogP contribution in [0, 0.1) is 0 Å². The minimum absolute atomic E-state index is 0.431. The minimum atomic E-state index is 0.431. The van der Waals surface area contributed by atoms with Crippen LogP contribution >= 0.6 is 0 Å². The second kappa shape index (κ2) is 8.55. The Morgan fingerprint density at radius 2 is 1.73 bits per heavy atom. The molecule has 4 heteroatoms. The SMILES string of the molecule is CCOC=O.c1cnccn1. The summed E-state index contributed by atoms with van der Waals surface area (Å²) in [6.07, 6.45) is 6.56. The monoisotopic (exact) mass is 154 g/mol. The summed E-state index contributed by atoms with van der Waals surface area (Å²) in [5.74, 6) is 0. The van der Waals surface area contributed by atoms with Gasteiger partial charge in [-0.2, -0.15) is 0 Å². The van der Waals surface area contributed by atoms with Gasteiger partial charge < -0.3 is 4.74 Å². The van der Waals surface area contributed by atoms with E-state index in [2.05, 4.69) is 14.7 Å². The Morgan fingerprint density at radius 1 is 1.27 bits per heavy atom. The summed E-state index contributed by atoms with van der Waals surface area (Å²) in [5, 5.41) is 0. The zero-order valence-electron chi connectivity index (χ0n) is 6.30. The molecule has 0 saturated carbocycles. The topological polar surface area (TPSA) is 52.1 Å². The lowest BCUT2D eigenvalue weighted by Crippen LogP contribution is -1.80. The van der Waals surface area contributed by atoms with E-state index in [1.54, 1.807) is 31.7 Å². The molecule has 11 heavy (non-hydrogen) atoms. The Labute approximate surface area is 65.2 Å². The molecule has 0 spiro atoms. The first-order chi connectivity index (χ1) is 5.41. The highest BCUT2D eigenvalue weighted by Gasteiger charge is 1.61. The summed E-state index contributed by atoms with van der Waals surface area (Å²) in [6.45, 7) is 2.66. The Morgan fingerprint density at radius 3 is 1.82 bits per heavy atom. The van der Waals surface area contributed by atoms with Crippen LogP contribution in [0.4, 0.5) is 0 Å². The summed E-state index contributed by atoms with van der Waals surface area (Å²) >= 11 is 0. The first-order valence-electron chi connectivity index (χ1n) is 3.17. The van der Waals surface area contributed by atoms with Crippen molar-refractivity contribution in [2.45, 2.75) is 6.92 Å². The smallest absolute Gasteiger partial charge is 0.293 e. The number of carbonyl (C=O) groups is 1. The summed E-state index contributed by atoms with van der Waals surface area (Å²) in [5.41, 5.74) is 0. The molecule has 0 aliphatic rings. The Hall–Kier alpha value is -1.45. The van der Waals surface area contributed by atoms with E-state index in [4.69, 9.17) is 0 Å². The highest BCUT2D eigenvalue weighted by Crippen LogP contribution is 1.65. The standard InChI is InChI=1S/C4H4N2.C3H6O2/c1-2-6-4-3-5-1;1-2-5-3-4/h1-4H;3H,2H2,1H3. The summed E-state index contributed by atoms with van der Waals surface area (Å²) in [6, 6.07) is 0. The van der Waals surface area contributed by atoms with E-state index < -0.39 is 0 Å². The van der Waals surface area contributed by atoms with Crippen LogP contribution in [0.2, 0.25) is 0 Å². The van der Waals surface area contributed by atoms with Crippen molar-refractivity contribution in [1.29, 1.82) is 0 Å².